The lowest BCUT2D eigenvalue weighted by molar-refractivity contribution is -0.128. The number of nitrogens with one attached hydrogen (secondary N) is 1. The highest BCUT2D eigenvalue weighted by atomic mass is 32.2. The summed E-state index contributed by atoms with van der Waals surface area (Å²) < 4.78 is 0. The van der Waals surface area contributed by atoms with Crippen LogP contribution in [-0.2, 0) is 4.79 Å². The van der Waals surface area contributed by atoms with Crippen molar-refractivity contribution in [3.05, 3.63) is 0 Å². The average molecular weight is 260 g/mol. The largest absolute Gasteiger partial charge is 0.392 e. The van der Waals surface area contributed by atoms with Gasteiger partial charge in [0.2, 0.25) is 5.91 Å². The lowest BCUT2D eigenvalue weighted by Crippen LogP contribution is -2.51. The Labute approximate surface area is 107 Å². The molecule has 1 aliphatic rings. The fourth-order valence-electron chi connectivity index (χ4n) is 2.00. The van der Waals surface area contributed by atoms with Crippen LogP contribution in [0.4, 0.5) is 0 Å². The minimum absolute atomic E-state index is 0.0116. The van der Waals surface area contributed by atoms with E-state index in [9.17, 15) is 4.79 Å². The molecule has 0 spiro atoms. The maximum atomic E-state index is 12.2. The molecule has 0 bridgehead atoms. The Morgan fingerprint density at radius 1 is 1.56 bits per heavy atom. The van der Waals surface area contributed by atoms with Crippen molar-refractivity contribution in [2.24, 2.45) is 11.1 Å². The number of hydrogen-bond donors (Lipinski definition) is 2. The molecule has 92 valence electrons. The van der Waals surface area contributed by atoms with Crippen molar-refractivity contribution < 1.29 is 4.79 Å². The van der Waals surface area contributed by atoms with E-state index in [2.05, 4.69) is 5.32 Å². The molecule has 0 aromatic carbocycles. The van der Waals surface area contributed by atoms with Crippen molar-refractivity contribution >= 4 is 34.9 Å². The summed E-state index contributed by atoms with van der Waals surface area (Å²) in [6.45, 7) is 3.93. The number of hydrogen-bond acceptors (Lipinski definition) is 3. The van der Waals surface area contributed by atoms with E-state index in [4.69, 9.17) is 18.0 Å². The Kier molecular flexibility index (Phi) is 5.05. The number of thioether (sulfide) groups is 1. The first-order valence-corrected chi connectivity index (χ1v) is 7.31. The van der Waals surface area contributed by atoms with Crippen LogP contribution in [-0.4, -0.2) is 28.4 Å². The zero-order valence-corrected chi connectivity index (χ0v) is 11.5. The van der Waals surface area contributed by atoms with Gasteiger partial charge in [-0.2, -0.15) is 11.8 Å². The fraction of sp³-hybridized carbons (Fsp3) is 0.818. The maximum absolute atomic E-state index is 12.2. The second kappa shape index (κ2) is 5.87. The summed E-state index contributed by atoms with van der Waals surface area (Å²) in [7, 11) is 0. The first-order chi connectivity index (χ1) is 7.56. The van der Waals surface area contributed by atoms with Crippen LogP contribution in [0.15, 0.2) is 0 Å². The normalized spacial score (nSPS) is 20.8. The Morgan fingerprint density at radius 2 is 2.19 bits per heavy atom. The van der Waals surface area contributed by atoms with Gasteiger partial charge in [-0.25, -0.2) is 0 Å². The van der Waals surface area contributed by atoms with Crippen LogP contribution in [0.3, 0.4) is 0 Å². The number of amides is 1. The summed E-state index contributed by atoms with van der Waals surface area (Å²) in [5.74, 6) is 2.15. The second-order valence-corrected chi connectivity index (χ2v) is 5.78. The molecule has 0 saturated carbocycles. The second-order valence-electron chi connectivity index (χ2n) is 4.19. The van der Waals surface area contributed by atoms with Gasteiger partial charge in [-0.3, -0.25) is 4.79 Å². The third-order valence-corrected chi connectivity index (χ3v) is 4.93. The number of nitrogens with two attached hydrogens (primary N) is 1. The molecular formula is C11H20N2OS2. The molecule has 1 rings (SSSR count). The topological polar surface area (TPSA) is 55.1 Å². The van der Waals surface area contributed by atoms with E-state index < -0.39 is 5.41 Å². The molecule has 3 N–H and O–H groups in total. The maximum Gasteiger partial charge on any atom is 0.233 e. The van der Waals surface area contributed by atoms with Crippen molar-refractivity contribution in [2.45, 2.75) is 39.2 Å². The zero-order chi connectivity index (χ0) is 12.2. The molecule has 5 heteroatoms. The van der Waals surface area contributed by atoms with E-state index in [1.54, 1.807) is 0 Å². The third kappa shape index (κ3) is 2.69. The van der Waals surface area contributed by atoms with Gasteiger partial charge < -0.3 is 11.1 Å². The third-order valence-electron chi connectivity index (χ3n) is 3.38. The number of thiocarbonyl (C=S) groups is 1. The van der Waals surface area contributed by atoms with Gasteiger partial charge in [0.25, 0.3) is 0 Å². The monoisotopic (exact) mass is 260 g/mol. The molecule has 3 nitrogen and oxygen atoms in total. The molecule has 1 atom stereocenters. The van der Waals surface area contributed by atoms with Gasteiger partial charge in [0.15, 0.2) is 0 Å². The van der Waals surface area contributed by atoms with E-state index in [0.717, 1.165) is 17.9 Å². The smallest absolute Gasteiger partial charge is 0.233 e. The lowest BCUT2D eigenvalue weighted by atomic mass is 9.81. The molecule has 1 unspecified atom stereocenters. The van der Waals surface area contributed by atoms with Gasteiger partial charge >= 0.3 is 0 Å². The van der Waals surface area contributed by atoms with Gasteiger partial charge in [-0.1, -0.05) is 26.1 Å². The van der Waals surface area contributed by atoms with Crippen molar-refractivity contribution in [1.82, 2.24) is 5.32 Å². The van der Waals surface area contributed by atoms with E-state index in [0.29, 0.717) is 23.9 Å². The molecule has 1 saturated heterocycles. The van der Waals surface area contributed by atoms with E-state index >= 15 is 0 Å². The molecule has 16 heavy (non-hydrogen) atoms. The van der Waals surface area contributed by atoms with Crippen molar-refractivity contribution in [2.75, 3.05) is 11.5 Å². The van der Waals surface area contributed by atoms with Crippen molar-refractivity contribution in [1.29, 1.82) is 0 Å². The predicted molar refractivity (Wildman–Crippen MR) is 73.7 cm³/mol. The molecule has 0 aromatic rings. The molecular weight excluding hydrogens is 240 g/mol. The highest BCUT2D eigenvalue weighted by molar-refractivity contribution is 7.99. The minimum atomic E-state index is -0.650. The summed E-state index contributed by atoms with van der Waals surface area (Å²) in [5.41, 5.74) is 5.08. The molecule has 1 aliphatic heterocycles. The van der Waals surface area contributed by atoms with Gasteiger partial charge in [0.05, 0.1) is 10.4 Å². The van der Waals surface area contributed by atoms with Crippen LogP contribution in [0, 0.1) is 5.41 Å². The molecule has 1 amide bonds. The highest BCUT2D eigenvalue weighted by Crippen LogP contribution is 2.28. The zero-order valence-electron chi connectivity index (χ0n) is 9.91. The quantitative estimate of drug-likeness (QED) is 0.739. The van der Waals surface area contributed by atoms with Gasteiger partial charge in [-0.15, -0.1) is 0 Å². The number of rotatable bonds is 5. The van der Waals surface area contributed by atoms with Crippen molar-refractivity contribution in [3.63, 3.8) is 0 Å². The SMILES string of the molecule is CCC(CC)(C(=O)NC1CCSC1)C(N)=S. The summed E-state index contributed by atoms with van der Waals surface area (Å²) >= 11 is 6.94. The Bertz CT molecular complexity index is 271. The molecule has 0 aliphatic carbocycles. The molecule has 0 radical (unpaired) electrons. The fourth-order valence-corrected chi connectivity index (χ4v) is 3.54. The molecule has 1 heterocycles. The summed E-state index contributed by atoms with van der Waals surface area (Å²) in [4.78, 5) is 12.6. The lowest BCUT2D eigenvalue weighted by Gasteiger charge is -2.30. The van der Waals surface area contributed by atoms with Crippen LogP contribution < -0.4 is 11.1 Å². The predicted octanol–water partition coefficient (Wildman–Crippen LogP) is 1.70. The first-order valence-electron chi connectivity index (χ1n) is 5.75. The van der Waals surface area contributed by atoms with E-state index in [1.165, 1.54) is 0 Å². The van der Waals surface area contributed by atoms with Crippen LogP contribution in [0.2, 0.25) is 0 Å². The number of carbonyl (C=O) groups is 1. The van der Waals surface area contributed by atoms with Crippen LogP contribution in [0.25, 0.3) is 0 Å². The van der Waals surface area contributed by atoms with Gasteiger partial charge in [0, 0.05) is 11.8 Å². The first kappa shape index (κ1) is 13.8. The summed E-state index contributed by atoms with van der Waals surface area (Å²) in [6, 6.07) is 0.296. The number of carbonyl (C=O) groups excluding carboxylic acids is 1. The highest BCUT2D eigenvalue weighted by Gasteiger charge is 2.39. The Balaban J connectivity index is 2.70. The molecule has 0 aromatic heterocycles. The van der Waals surface area contributed by atoms with Gasteiger partial charge in [-0.05, 0) is 25.0 Å². The van der Waals surface area contributed by atoms with Crippen LogP contribution in [0.5, 0.6) is 0 Å². The van der Waals surface area contributed by atoms with Gasteiger partial charge in [0.1, 0.15) is 0 Å². The average Bonchev–Trinajstić information content (AvgIpc) is 2.72. The van der Waals surface area contributed by atoms with Crippen molar-refractivity contribution in [3.8, 4) is 0 Å². The van der Waals surface area contributed by atoms with E-state index in [-0.39, 0.29) is 5.91 Å². The summed E-state index contributed by atoms with van der Waals surface area (Å²) in [5, 5.41) is 3.08. The summed E-state index contributed by atoms with van der Waals surface area (Å²) in [6.07, 6.45) is 2.40. The Hall–Kier alpha value is -0.290. The van der Waals surface area contributed by atoms with Crippen LogP contribution >= 0.6 is 24.0 Å². The van der Waals surface area contributed by atoms with E-state index in [1.807, 2.05) is 25.6 Å². The van der Waals surface area contributed by atoms with Crippen LogP contribution in [0.1, 0.15) is 33.1 Å². The standard InChI is InChI=1S/C11H20N2OS2/c1-3-11(4-2,9(12)15)10(14)13-8-5-6-16-7-8/h8H,3-7H2,1-2H3,(H2,12,15)(H,13,14). The minimum Gasteiger partial charge on any atom is -0.392 e. The Morgan fingerprint density at radius 3 is 2.56 bits per heavy atom. The molecule has 1 fully saturated rings.